The molecule has 1 fully saturated rings. The van der Waals surface area contributed by atoms with E-state index in [9.17, 15) is 18.4 Å². The van der Waals surface area contributed by atoms with Gasteiger partial charge in [-0.2, -0.15) is 8.78 Å². The first-order chi connectivity index (χ1) is 10.9. The highest BCUT2D eigenvalue weighted by Crippen LogP contribution is 2.22. The maximum absolute atomic E-state index is 12.5. The Morgan fingerprint density at radius 3 is 2.26 bits per heavy atom. The van der Waals surface area contributed by atoms with Crippen molar-refractivity contribution in [2.24, 2.45) is 5.73 Å². The maximum Gasteiger partial charge on any atom is 0.387 e. The summed E-state index contributed by atoms with van der Waals surface area (Å²) in [5.41, 5.74) is 5.64. The van der Waals surface area contributed by atoms with Gasteiger partial charge in [0, 0.05) is 26.2 Å². The van der Waals surface area contributed by atoms with Crippen LogP contribution in [0.1, 0.15) is 17.3 Å². The molecule has 0 spiro atoms. The van der Waals surface area contributed by atoms with E-state index >= 15 is 0 Å². The van der Waals surface area contributed by atoms with E-state index in [-0.39, 0.29) is 17.2 Å². The van der Waals surface area contributed by atoms with Crippen molar-refractivity contribution in [3.05, 3.63) is 29.8 Å². The van der Waals surface area contributed by atoms with Gasteiger partial charge in [-0.3, -0.25) is 9.59 Å². The average molecular weight is 327 g/mol. The molecule has 2 rings (SSSR count). The van der Waals surface area contributed by atoms with E-state index < -0.39 is 18.6 Å². The Bertz CT molecular complexity index is 573. The normalized spacial score (nSPS) is 16.4. The third-order valence-corrected chi connectivity index (χ3v) is 3.60. The largest absolute Gasteiger partial charge is 0.434 e. The van der Waals surface area contributed by atoms with Crippen LogP contribution in [-0.2, 0) is 4.79 Å². The summed E-state index contributed by atoms with van der Waals surface area (Å²) in [7, 11) is 0. The maximum atomic E-state index is 12.5. The van der Waals surface area contributed by atoms with Gasteiger partial charge in [-0.25, -0.2) is 0 Å². The molecule has 23 heavy (non-hydrogen) atoms. The van der Waals surface area contributed by atoms with Gasteiger partial charge in [-0.15, -0.1) is 0 Å². The molecule has 2 amide bonds. The van der Waals surface area contributed by atoms with E-state index in [1.54, 1.807) is 17.9 Å². The van der Waals surface area contributed by atoms with Crippen LogP contribution in [0.15, 0.2) is 24.3 Å². The minimum absolute atomic E-state index is 0.0831. The van der Waals surface area contributed by atoms with Gasteiger partial charge in [-0.05, 0) is 19.1 Å². The lowest BCUT2D eigenvalue weighted by Crippen LogP contribution is -2.53. The summed E-state index contributed by atoms with van der Waals surface area (Å²) in [6, 6.07) is 5.29. The minimum Gasteiger partial charge on any atom is -0.434 e. The van der Waals surface area contributed by atoms with Crippen molar-refractivity contribution in [3.8, 4) is 5.75 Å². The number of benzene rings is 1. The van der Waals surface area contributed by atoms with Gasteiger partial charge < -0.3 is 20.3 Å². The Kier molecular flexibility index (Phi) is 5.49. The standard InChI is InChI=1S/C15H19F2N3O3/c1-10(18)13(21)19-6-8-20(9-7-19)14(22)11-4-2-3-5-12(11)23-15(16)17/h2-5,10,15H,6-9,18H2,1H3/t10-/m1/s1. The number of amides is 2. The molecule has 1 aromatic rings. The third kappa shape index (κ3) is 4.16. The summed E-state index contributed by atoms with van der Waals surface area (Å²) in [4.78, 5) is 27.4. The second-order valence-electron chi connectivity index (χ2n) is 5.28. The summed E-state index contributed by atoms with van der Waals surface area (Å²) < 4.78 is 29.2. The van der Waals surface area contributed by atoms with Crippen LogP contribution in [0.4, 0.5) is 8.78 Å². The number of alkyl halides is 2. The van der Waals surface area contributed by atoms with E-state index in [4.69, 9.17) is 5.73 Å². The fraction of sp³-hybridized carbons (Fsp3) is 0.467. The summed E-state index contributed by atoms with van der Waals surface area (Å²) in [5.74, 6) is -0.714. The van der Waals surface area contributed by atoms with Gasteiger partial charge in [0.25, 0.3) is 5.91 Å². The van der Waals surface area contributed by atoms with Crippen LogP contribution in [0.3, 0.4) is 0 Å². The second-order valence-corrected chi connectivity index (χ2v) is 5.28. The zero-order valence-electron chi connectivity index (χ0n) is 12.7. The van der Waals surface area contributed by atoms with E-state index in [1.807, 2.05) is 0 Å². The molecule has 1 saturated heterocycles. The number of halogens is 2. The molecule has 1 aliphatic heterocycles. The molecule has 6 nitrogen and oxygen atoms in total. The zero-order valence-corrected chi connectivity index (χ0v) is 12.7. The molecule has 0 aliphatic carbocycles. The fourth-order valence-electron chi connectivity index (χ4n) is 2.43. The Morgan fingerprint density at radius 1 is 1.13 bits per heavy atom. The fourth-order valence-corrected chi connectivity index (χ4v) is 2.43. The molecule has 126 valence electrons. The number of carbonyl (C=O) groups is 2. The molecule has 1 heterocycles. The summed E-state index contributed by atoms with van der Waals surface area (Å²) in [6.45, 7) is -0.0173. The SMILES string of the molecule is C[C@@H](N)C(=O)N1CCN(C(=O)c2ccccc2OC(F)F)CC1. The number of hydrogen-bond donors (Lipinski definition) is 1. The first kappa shape index (κ1) is 17.1. The Balaban J connectivity index is 2.04. The Morgan fingerprint density at radius 2 is 1.70 bits per heavy atom. The number of nitrogens with zero attached hydrogens (tertiary/aromatic N) is 2. The second kappa shape index (κ2) is 7.36. The van der Waals surface area contributed by atoms with Crippen molar-refractivity contribution < 1.29 is 23.1 Å². The molecule has 0 bridgehead atoms. The van der Waals surface area contributed by atoms with Gasteiger partial charge >= 0.3 is 6.61 Å². The van der Waals surface area contributed by atoms with Gasteiger partial charge in [0.15, 0.2) is 0 Å². The molecule has 1 aromatic carbocycles. The minimum atomic E-state index is -3.00. The lowest BCUT2D eigenvalue weighted by Gasteiger charge is -2.35. The van der Waals surface area contributed by atoms with Crippen LogP contribution < -0.4 is 10.5 Å². The molecule has 0 radical (unpaired) electrons. The molecule has 2 N–H and O–H groups in total. The monoisotopic (exact) mass is 327 g/mol. The van der Waals surface area contributed by atoms with E-state index in [0.29, 0.717) is 26.2 Å². The number of rotatable bonds is 4. The first-order valence-corrected chi connectivity index (χ1v) is 7.27. The topological polar surface area (TPSA) is 75.9 Å². The number of piperazine rings is 1. The van der Waals surface area contributed by atoms with Crippen LogP contribution in [0.5, 0.6) is 5.75 Å². The molecule has 8 heteroatoms. The molecule has 1 aliphatic rings. The smallest absolute Gasteiger partial charge is 0.387 e. The van der Waals surface area contributed by atoms with Gasteiger partial charge in [-0.1, -0.05) is 12.1 Å². The van der Waals surface area contributed by atoms with Gasteiger partial charge in [0.1, 0.15) is 5.75 Å². The number of nitrogens with two attached hydrogens (primary N) is 1. The highest BCUT2D eigenvalue weighted by molar-refractivity contribution is 5.97. The molecule has 1 atom stereocenters. The summed E-state index contributed by atoms with van der Waals surface area (Å²) in [6.07, 6.45) is 0. The first-order valence-electron chi connectivity index (χ1n) is 7.27. The van der Waals surface area contributed by atoms with Crippen molar-refractivity contribution in [2.45, 2.75) is 19.6 Å². The van der Waals surface area contributed by atoms with Crippen molar-refractivity contribution in [1.82, 2.24) is 9.80 Å². The predicted octanol–water partition coefficient (Wildman–Crippen LogP) is 0.920. The van der Waals surface area contributed by atoms with E-state index in [2.05, 4.69) is 4.74 Å². The average Bonchev–Trinajstić information content (AvgIpc) is 2.53. The van der Waals surface area contributed by atoms with Crippen molar-refractivity contribution >= 4 is 11.8 Å². The molecular formula is C15H19F2N3O3. The number of hydrogen-bond acceptors (Lipinski definition) is 4. The van der Waals surface area contributed by atoms with Crippen molar-refractivity contribution in [3.63, 3.8) is 0 Å². The lowest BCUT2D eigenvalue weighted by atomic mass is 10.1. The van der Waals surface area contributed by atoms with Crippen LogP contribution in [0.25, 0.3) is 0 Å². The third-order valence-electron chi connectivity index (χ3n) is 3.60. The van der Waals surface area contributed by atoms with Crippen LogP contribution in [-0.4, -0.2) is 60.4 Å². The molecule has 0 aromatic heterocycles. The van der Waals surface area contributed by atoms with Gasteiger partial charge in [0.2, 0.25) is 5.91 Å². The quantitative estimate of drug-likeness (QED) is 0.892. The number of carbonyl (C=O) groups excluding carboxylic acids is 2. The van der Waals surface area contributed by atoms with Crippen molar-refractivity contribution in [2.75, 3.05) is 26.2 Å². The van der Waals surface area contributed by atoms with Crippen LogP contribution in [0.2, 0.25) is 0 Å². The Hall–Kier alpha value is -2.22. The summed E-state index contributed by atoms with van der Waals surface area (Å²) >= 11 is 0. The summed E-state index contributed by atoms with van der Waals surface area (Å²) in [5, 5.41) is 0. The number of para-hydroxylation sites is 1. The molecule has 0 unspecified atom stereocenters. The van der Waals surface area contributed by atoms with Crippen LogP contribution in [0, 0.1) is 0 Å². The highest BCUT2D eigenvalue weighted by atomic mass is 19.3. The molecule has 0 saturated carbocycles. The van der Waals surface area contributed by atoms with Crippen molar-refractivity contribution in [1.29, 1.82) is 0 Å². The highest BCUT2D eigenvalue weighted by Gasteiger charge is 2.27. The van der Waals surface area contributed by atoms with E-state index in [1.165, 1.54) is 23.1 Å². The van der Waals surface area contributed by atoms with Gasteiger partial charge in [0.05, 0.1) is 11.6 Å². The lowest BCUT2D eigenvalue weighted by molar-refractivity contribution is -0.133. The van der Waals surface area contributed by atoms with Crippen LogP contribution >= 0.6 is 0 Å². The molecular weight excluding hydrogens is 308 g/mol. The number of ether oxygens (including phenoxy) is 1. The Labute approximate surface area is 132 Å². The van der Waals surface area contributed by atoms with E-state index in [0.717, 1.165) is 0 Å². The zero-order chi connectivity index (χ0) is 17.0. The predicted molar refractivity (Wildman–Crippen MR) is 79.2 cm³/mol.